The zero-order valence-electron chi connectivity index (χ0n) is 21.0. The van der Waals surface area contributed by atoms with E-state index in [0.29, 0.717) is 59.5 Å². The van der Waals surface area contributed by atoms with Crippen molar-refractivity contribution in [3.8, 4) is 45.7 Å². The van der Waals surface area contributed by atoms with Gasteiger partial charge < -0.3 is 30.0 Å². The van der Waals surface area contributed by atoms with E-state index in [1.165, 1.54) is 19.2 Å². The number of pyridine rings is 1. The minimum Gasteiger partial charge on any atom is -0.504 e. The van der Waals surface area contributed by atoms with E-state index in [9.17, 15) is 14.8 Å². The van der Waals surface area contributed by atoms with E-state index >= 15 is 0 Å². The Kier molecular flexibility index (Phi) is 8.57. The molecule has 38 heavy (non-hydrogen) atoms. The zero-order chi connectivity index (χ0) is 25.9. The molecular formula is C28H30ClFN4O4. The number of hydrogen-bond donors (Lipinski definition) is 2. The van der Waals surface area contributed by atoms with Crippen molar-refractivity contribution < 1.29 is 23.7 Å². The number of nitrogens with zero attached hydrogens (tertiary/aromatic N) is 3. The van der Waals surface area contributed by atoms with Gasteiger partial charge in [0.05, 0.1) is 43.8 Å². The second-order valence-corrected chi connectivity index (χ2v) is 9.43. The summed E-state index contributed by atoms with van der Waals surface area (Å²) in [5.41, 5.74) is 8.31. The van der Waals surface area contributed by atoms with E-state index in [-0.39, 0.29) is 35.7 Å². The molecule has 2 fully saturated rings. The largest absolute Gasteiger partial charge is 0.504 e. The number of phenols is 1. The van der Waals surface area contributed by atoms with Crippen molar-refractivity contribution in [2.45, 2.75) is 18.9 Å². The maximum Gasteiger partial charge on any atom is 0.160 e. The Morgan fingerprint density at radius 2 is 1.87 bits per heavy atom. The van der Waals surface area contributed by atoms with Gasteiger partial charge in [0.25, 0.3) is 0 Å². The number of aromatic nitrogens is 1. The van der Waals surface area contributed by atoms with Crippen LogP contribution in [0.3, 0.4) is 0 Å². The average Bonchev–Trinajstić information content (AvgIpc) is 2.87. The first-order valence-corrected chi connectivity index (χ1v) is 12.3. The third-order valence-electron chi connectivity index (χ3n) is 6.85. The number of anilines is 1. The first-order chi connectivity index (χ1) is 18.0. The monoisotopic (exact) mass is 540 g/mol. The Balaban J connectivity index is 0.00000336. The number of ether oxygens (including phenoxy) is 3. The topological polar surface area (TPSA) is 114 Å². The van der Waals surface area contributed by atoms with Crippen molar-refractivity contribution in [3.05, 3.63) is 53.8 Å². The molecule has 0 spiro atoms. The summed E-state index contributed by atoms with van der Waals surface area (Å²) in [7, 11) is 1.48. The molecule has 0 saturated carbocycles. The van der Waals surface area contributed by atoms with Crippen LogP contribution < -0.4 is 20.1 Å². The zero-order valence-corrected chi connectivity index (χ0v) is 21.8. The molecule has 3 N–H and O–H groups in total. The minimum atomic E-state index is -0.631. The van der Waals surface area contributed by atoms with Crippen LogP contribution in [0, 0.1) is 23.1 Å². The number of nitrogens with two attached hydrogens (primary N) is 1. The van der Waals surface area contributed by atoms with Crippen LogP contribution in [0.4, 0.5) is 10.2 Å². The smallest absolute Gasteiger partial charge is 0.160 e. The number of phenolic OH excluding ortho intramolecular Hbond substituents is 1. The van der Waals surface area contributed by atoms with Crippen LogP contribution in [0.25, 0.3) is 22.4 Å². The molecule has 8 nitrogen and oxygen atoms in total. The Labute approximate surface area is 227 Å². The number of halogens is 2. The number of methoxy groups -OCH3 is 1. The van der Waals surface area contributed by atoms with Crippen LogP contribution >= 0.6 is 12.4 Å². The van der Waals surface area contributed by atoms with Gasteiger partial charge in [-0.3, -0.25) is 0 Å². The van der Waals surface area contributed by atoms with Crippen LogP contribution in [0.1, 0.15) is 18.4 Å². The average molecular weight is 541 g/mol. The molecule has 10 heteroatoms. The van der Waals surface area contributed by atoms with E-state index < -0.39 is 5.82 Å². The van der Waals surface area contributed by atoms with Gasteiger partial charge in [0.15, 0.2) is 11.5 Å². The number of rotatable bonds is 7. The Morgan fingerprint density at radius 3 is 2.47 bits per heavy atom. The molecule has 200 valence electrons. The van der Waals surface area contributed by atoms with Crippen LogP contribution in [-0.4, -0.2) is 56.2 Å². The second-order valence-electron chi connectivity index (χ2n) is 9.43. The SMILES string of the molecule is COc1ccc(-c2c(OCC3COC3)cc(N3CCC(N)CC3)nc2-c2ccc(C#N)c(F)c2)cc1O.Cl. The van der Waals surface area contributed by atoms with Gasteiger partial charge in [-0.1, -0.05) is 12.1 Å². The van der Waals surface area contributed by atoms with Crippen molar-refractivity contribution in [2.24, 2.45) is 11.7 Å². The van der Waals surface area contributed by atoms with Gasteiger partial charge in [-0.25, -0.2) is 9.37 Å². The van der Waals surface area contributed by atoms with E-state index in [1.807, 2.05) is 12.1 Å². The standard InChI is InChI=1S/C28H29FN4O4.ClH/c1-35-24-5-4-18(11-23(24)34)27-25(37-16-17-14-36-15-17)12-26(33-8-6-21(31)7-9-33)32-28(27)19-2-3-20(13-30)22(29)10-19;/h2-5,10-12,17,21,34H,6-9,14-16,31H2,1H3;1H. The summed E-state index contributed by atoms with van der Waals surface area (Å²) < 4.78 is 31.6. The summed E-state index contributed by atoms with van der Waals surface area (Å²) in [5.74, 6) is 1.21. The lowest BCUT2D eigenvalue weighted by Crippen LogP contribution is -2.40. The van der Waals surface area contributed by atoms with Gasteiger partial charge in [0, 0.05) is 36.7 Å². The van der Waals surface area contributed by atoms with Gasteiger partial charge in [0.2, 0.25) is 0 Å². The number of nitriles is 1. The molecule has 3 heterocycles. The third-order valence-corrected chi connectivity index (χ3v) is 6.85. The summed E-state index contributed by atoms with van der Waals surface area (Å²) in [4.78, 5) is 7.13. The van der Waals surface area contributed by atoms with Gasteiger partial charge >= 0.3 is 0 Å². The molecule has 2 aromatic carbocycles. The van der Waals surface area contributed by atoms with Crippen LogP contribution in [0.15, 0.2) is 42.5 Å². The minimum absolute atomic E-state index is 0. The highest BCUT2D eigenvalue weighted by atomic mass is 35.5. The molecule has 0 aliphatic carbocycles. The van der Waals surface area contributed by atoms with Crippen molar-refractivity contribution in [1.29, 1.82) is 5.26 Å². The van der Waals surface area contributed by atoms with E-state index in [0.717, 1.165) is 25.9 Å². The first-order valence-electron chi connectivity index (χ1n) is 12.3. The predicted octanol–water partition coefficient (Wildman–Crippen LogP) is 4.52. The lowest BCUT2D eigenvalue weighted by atomic mass is 9.96. The first kappa shape index (κ1) is 27.5. The normalized spacial score (nSPS) is 15.8. The fraction of sp³-hybridized carbons (Fsp3) is 0.357. The molecule has 2 aliphatic heterocycles. The maximum atomic E-state index is 14.8. The summed E-state index contributed by atoms with van der Waals surface area (Å²) in [6, 6.07) is 13.4. The summed E-state index contributed by atoms with van der Waals surface area (Å²) in [6.07, 6.45) is 1.68. The van der Waals surface area contributed by atoms with Crippen molar-refractivity contribution in [1.82, 2.24) is 4.98 Å². The van der Waals surface area contributed by atoms with Crippen molar-refractivity contribution in [3.63, 3.8) is 0 Å². The van der Waals surface area contributed by atoms with Crippen LogP contribution in [0.5, 0.6) is 17.2 Å². The Bertz CT molecular complexity index is 1340. The highest BCUT2D eigenvalue weighted by Gasteiger charge is 2.26. The molecule has 0 radical (unpaired) electrons. The van der Waals surface area contributed by atoms with E-state index in [2.05, 4.69) is 4.90 Å². The number of hydrogen-bond acceptors (Lipinski definition) is 8. The maximum absolute atomic E-state index is 14.8. The lowest BCUT2D eigenvalue weighted by molar-refractivity contribution is -0.0507. The van der Waals surface area contributed by atoms with E-state index in [4.69, 9.17) is 24.9 Å². The fourth-order valence-electron chi connectivity index (χ4n) is 4.59. The van der Waals surface area contributed by atoms with Gasteiger partial charge in [-0.2, -0.15) is 5.26 Å². The molecule has 2 saturated heterocycles. The lowest BCUT2D eigenvalue weighted by Gasteiger charge is -2.32. The molecule has 2 aliphatic rings. The number of piperidine rings is 1. The fourth-order valence-corrected chi connectivity index (χ4v) is 4.59. The summed E-state index contributed by atoms with van der Waals surface area (Å²) in [6.45, 7) is 3.20. The van der Waals surface area contributed by atoms with Gasteiger partial charge in [-0.15, -0.1) is 12.4 Å². The van der Waals surface area contributed by atoms with Crippen molar-refractivity contribution >= 4 is 18.2 Å². The van der Waals surface area contributed by atoms with Crippen molar-refractivity contribution in [2.75, 3.05) is 44.9 Å². The summed E-state index contributed by atoms with van der Waals surface area (Å²) in [5, 5.41) is 19.8. The van der Waals surface area contributed by atoms with Gasteiger partial charge in [-0.05, 0) is 42.7 Å². The molecule has 0 unspecified atom stereocenters. The molecule has 0 amide bonds. The number of aromatic hydroxyl groups is 1. The Morgan fingerprint density at radius 1 is 1.13 bits per heavy atom. The predicted molar refractivity (Wildman–Crippen MR) is 144 cm³/mol. The molecule has 0 atom stereocenters. The second kappa shape index (κ2) is 11.9. The van der Waals surface area contributed by atoms with Gasteiger partial charge in [0.1, 0.15) is 23.5 Å². The molecular weight excluding hydrogens is 511 g/mol. The van der Waals surface area contributed by atoms with Crippen LogP contribution in [0.2, 0.25) is 0 Å². The van der Waals surface area contributed by atoms with E-state index in [1.54, 1.807) is 24.3 Å². The molecule has 0 bridgehead atoms. The quantitative estimate of drug-likeness (QED) is 0.450. The highest BCUT2D eigenvalue weighted by Crippen LogP contribution is 2.43. The third kappa shape index (κ3) is 5.63. The molecule has 1 aromatic heterocycles. The number of benzene rings is 2. The molecule has 3 aromatic rings. The summed E-state index contributed by atoms with van der Waals surface area (Å²) >= 11 is 0. The van der Waals surface area contributed by atoms with Crippen LogP contribution in [-0.2, 0) is 4.74 Å². The Hall–Kier alpha value is -3.58. The highest BCUT2D eigenvalue weighted by molar-refractivity contribution is 5.88. The molecule has 5 rings (SSSR count).